The molecule has 0 amide bonds. The maximum atomic E-state index is 13.6. The average molecular weight is 538 g/mol. The van der Waals surface area contributed by atoms with Crippen LogP contribution < -0.4 is 5.32 Å². The number of carbonyl (C=O) groups is 1. The van der Waals surface area contributed by atoms with Gasteiger partial charge in [0.1, 0.15) is 16.9 Å². The molecule has 3 heterocycles. The molecule has 37 heavy (non-hydrogen) atoms. The molecule has 4 aromatic rings. The van der Waals surface area contributed by atoms with Crippen molar-refractivity contribution in [3.63, 3.8) is 0 Å². The van der Waals surface area contributed by atoms with Crippen molar-refractivity contribution in [2.75, 3.05) is 5.32 Å². The van der Waals surface area contributed by atoms with E-state index in [1.54, 1.807) is 50.4 Å². The monoisotopic (exact) mass is 537 g/mol. The minimum atomic E-state index is -3.96. The van der Waals surface area contributed by atoms with Crippen molar-refractivity contribution >= 4 is 33.1 Å². The van der Waals surface area contributed by atoms with E-state index in [0.717, 1.165) is 16.1 Å². The fourth-order valence-electron chi connectivity index (χ4n) is 3.68. The molecule has 0 aliphatic rings. The number of nitrogens with zero attached hydrogens (tertiary/aromatic N) is 4. The summed E-state index contributed by atoms with van der Waals surface area (Å²) in [5.41, 5.74) is 2.22. The van der Waals surface area contributed by atoms with Crippen LogP contribution in [0.4, 0.5) is 5.82 Å². The molecule has 3 aromatic heterocycles. The Hall–Kier alpha value is -3.67. The number of carboxylic acid groups (broad SMARTS) is 1. The number of benzene rings is 1. The van der Waals surface area contributed by atoms with E-state index in [0.29, 0.717) is 11.5 Å². The van der Waals surface area contributed by atoms with Crippen molar-refractivity contribution in [2.24, 2.45) is 5.92 Å². The topological polar surface area (TPSA) is 125 Å². The Morgan fingerprint density at radius 3 is 2.41 bits per heavy atom. The van der Waals surface area contributed by atoms with E-state index in [-0.39, 0.29) is 24.0 Å². The van der Waals surface area contributed by atoms with Gasteiger partial charge < -0.3 is 10.4 Å². The summed E-state index contributed by atoms with van der Waals surface area (Å²) in [5, 5.41) is 15.2. The van der Waals surface area contributed by atoms with Gasteiger partial charge in [-0.25, -0.2) is 28.2 Å². The molecular formula is C26H27N5O4S2. The molecule has 4 rings (SSSR count). The first-order chi connectivity index (χ1) is 17.7. The third-order valence-corrected chi connectivity index (χ3v) is 8.15. The highest BCUT2D eigenvalue weighted by Crippen LogP contribution is 2.24. The molecule has 0 saturated heterocycles. The number of nitrogens with one attached hydrogen (secondary N) is 1. The van der Waals surface area contributed by atoms with Gasteiger partial charge in [-0.2, -0.15) is 4.31 Å². The summed E-state index contributed by atoms with van der Waals surface area (Å²) in [6.07, 6.45) is 3.18. The number of aliphatic carboxylic acids is 1. The van der Waals surface area contributed by atoms with Crippen LogP contribution in [0, 0.1) is 5.92 Å². The highest BCUT2D eigenvalue weighted by atomic mass is 32.2. The van der Waals surface area contributed by atoms with Crippen LogP contribution in [-0.2, 0) is 27.9 Å². The van der Waals surface area contributed by atoms with E-state index in [1.165, 1.54) is 27.9 Å². The molecule has 0 bridgehead atoms. The molecule has 1 aromatic carbocycles. The number of carboxylic acids is 1. The number of sulfonamides is 1. The van der Waals surface area contributed by atoms with Gasteiger partial charge in [0.05, 0.1) is 12.2 Å². The summed E-state index contributed by atoms with van der Waals surface area (Å²) in [4.78, 5) is 24.5. The lowest BCUT2D eigenvalue weighted by atomic mass is 10.1. The molecule has 0 aliphatic heterocycles. The van der Waals surface area contributed by atoms with Crippen molar-refractivity contribution in [2.45, 2.75) is 38.0 Å². The molecular weight excluding hydrogens is 510 g/mol. The minimum absolute atomic E-state index is 0.0257. The Morgan fingerprint density at radius 2 is 1.78 bits per heavy atom. The number of hydrogen-bond donors (Lipinski definition) is 2. The molecule has 0 aliphatic carbocycles. The number of anilines is 1. The van der Waals surface area contributed by atoms with Crippen LogP contribution in [0.25, 0.3) is 10.6 Å². The summed E-state index contributed by atoms with van der Waals surface area (Å²) in [6, 6.07) is 16.6. The van der Waals surface area contributed by atoms with Crippen molar-refractivity contribution in [1.29, 1.82) is 0 Å². The Balaban J connectivity index is 1.62. The normalized spacial score (nSPS) is 12.5. The van der Waals surface area contributed by atoms with E-state index in [9.17, 15) is 18.3 Å². The SMILES string of the molecule is CC(C)C(Nc1cccc(CN(Cc2ccc(-c3nccs3)cc2)S(=O)(=O)c2ccccn2)n1)C(=O)O. The van der Waals surface area contributed by atoms with Crippen molar-refractivity contribution in [1.82, 2.24) is 19.3 Å². The lowest BCUT2D eigenvalue weighted by Crippen LogP contribution is -2.35. The van der Waals surface area contributed by atoms with Gasteiger partial charge in [0.25, 0.3) is 10.0 Å². The van der Waals surface area contributed by atoms with E-state index >= 15 is 0 Å². The number of rotatable bonds is 11. The largest absolute Gasteiger partial charge is 0.480 e. The summed E-state index contributed by atoms with van der Waals surface area (Å²) < 4.78 is 28.5. The molecule has 9 nitrogen and oxygen atoms in total. The second kappa shape index (κ2) is 11.6. The summed E-state index contributed by atoms with van der Waals surface area (Å²) in [6.45, 7) is 3.68. The van der Waals surface area contributed by atoms with E-state index < -0.39 is 22.0 Å². The van der Waals surface area contributed by atoms with Gasteiger partial charge in [-0.1, -0.05) is 50.2 Å². The quantitative estimate of drug-likeness (QED) is 0.286. The Bertz CT molecular complexity index is 1430. The predicted molar refractivity (Wildman–Crippen MR) is 142 cm³/mol. The smallest absolute Gasteiger partial charge is 0.326 e. The lowest BCUT2D eigenvalue weighted by Gasteiger charge is -2.23. The third kappa shape index (κ3) is 6.56. The second-order valence-electron chi connectivity index (χ2n) is 8.69. The van der Waals surface area contributed by atoms with Gasteiger partial charge >= 0.3 is 5.97 Å². The molecule has 1 unspecified atom stereocenters. The number of aromatic nitrogens is 3. The van der Waals surface area contributed by atoms with Gasteiger partial charge in [0, 0.05) is 29.9 Å². The van der Waals surface area contributed by atoms with Crippen LogP contribution in [0.15, 0.2) is 83.5 Å². The Kier molecular flexibility index (Phi) is 8.27. The molecule has 0 saturated carbocycles. The zero-order valence-corrected chi connectivity index (χ0v) is 22.0. The fourth-order valence-corrected chi connectivity index (χ4v) is 5.66. The highest BCUT2D eigenvalue weighted by Gasteiger charge is 2.27. The molecule has 2 N–H and O–H groups in total. The van der Waals surface area contributed by atoms with Crippen molar-refractivity contribution in [3.05, 3.63) is 89.7 Å². The first-order valence-electron chi connectivity index (χ1n) is 11.6. The maximum Gasteiger partial charge on any atom is 0.326 e. The number of thiazole rings is 1. The molecule has 192 valence electrons. The van der Waals surface area contributed by atoms with Gasteiger partial charge in [0.2, 0.25) is 0 Å². The fraction of sp³-hybridized carbons (Fsp3) is 0.231. The first-order valence-corrected chi connectivity index (χ1v) is 13.9. The van der Waals surface area contributed by atoms with E-state index in [1.807, 2.05) is 29.6 Å². The van der Waals surface area contributed by atoms with Gasteiger partial charge in [-0.15, -0.1) is 11.3 Å². The van der Waals surface area contributed by atoms with Crippen LogP contribution in [0.3, 0.4) is 0 Å². The van der Waals surface area contributed by atoms with Gasteiger partial charge in [-0.3, -0.25) is 0 Å². The Morgan fingerprint density at radius 1 is 1.00 bits per heavy atom. The van der Waals surface area contributed by atoms with Crippen molar-refractivity contribution < 1.29 is 18.3 Å². The standard InChI is InChI=1S/C26H27N5O4S2/c1-18(2)24(26(32)33)30-22-7-5-6-21(29-22)17-31(37(34,35)23-8-3-4-13-27-23)16-19-9-11-20(12-10-19)25-28-14-15-36-25/h3-15,18,24H,16-17H2,1-2H3,(H,29,30)(H,32,33). The maximum absolute atomic E-state index is 13.6. The molecule has 0 radical (unpaired) electrons. The molecule has 0 spiro atoms. The number of pyridine rings is 2. The summed E-state index contributed by atoms with van der Waals surface area (Å²) >= 11 is 1.53. The van der Waals surface area contributed by atoms with E-state index in [4.69, 9.17) is 0 Å². The van der Waals surface area contributed by atoms with Crippen LogP contribution in [0.2, 0.25) is 0 Å². The van der Waals surface area contributed by atoms with Crippen molar-refractivity contribution in [3.8, 4) is 10.6 Å². The second-order valence-corrected chi connectivity index (χ2v) is 11.5. The van der Waals surface area contributed by atoms with E-state index in [2.05, 4.69) is 20.3 Å². The molecule has 0 fully saturated rings. The van der Waals surface area contributed by atoms with Crippen LogP contribution in [-0.4, -0.2) is 44.8 Å². The van der Waals surface area contributed by atoms with Crippen LogP contribution in [0.1, 0.15) is 25.1 Å². The highest BCUT2D eigenvalue weighted by molar-refractivity contribution is 7.89. The third-order valence-electron chi connectivity index (χ3n) is 5.62. The molecule has 11 heteroatoms. The minimum Gasteiger partial charge on any atom is -0.480 e. The van der Waals surface area contributed by atoms with Gasteiger partial charge in [0.15, 0.2) is 5.03 Å². The van der Waals surface area contributed by atoms with Crippen LogP contribution >= 0.6 is 11.3 Å². The number of hydrogen-bond acceptors (Lipinski definition) is 8. The zero-order chi connectivity index (χ0) is 26.4. The van der Waals surface area contributed by atoms with Crippen LogP contribution in [0.5, 0.6) is 0 Å². The average Bonchev–Trinajstić information content (AvgIpc) is 3.43. The predicted octanol–water partition coefficient (Wildman–Crippen LogP) is 4.51. The summed E-state index contributed by atoms with van der Waals surface area (Å²) in [5.74, 6) is -0.791. The zero-order valence-electron chi connectivity index (χ0n) is 20.4. The first kappa shape index (κ1) is 26.4. The Labute approximate surface area is 219 Å². The lowest BCUT2D eigenvalue weighted by molar-refractivity contribution is -0.138. The summed E-state index contributed by atoms with van der Waals surface area (Å²) in [7, 11) is -3.96. The molecule has 1 atom stereocenters. The van der Waals surface area contributed by atoms with Gasteiger partial charge in [-0.05, 0) is 35.7 Å².